The van der Waals surface area contributed by atoms with Crippen molar-refractivity contribution in [3.63, 3.8) is 0 Å². The predicted octanol–water partition coefficient (Wildman–Crippen LogP) is 2.27. The average molecular weight is 420 g/mol. The highest BCUT2D eigenvalue weighted by molar-refractivity contribution is 5.73. The molecule has 1 aliphatic heterocycles. The SMILES string of the molecule is CCCCOc1nc(C)c2[nH]c(=O)n(CCCCN3CCCC(C(=O)OC)C3)c2n1. The molecule has 1 atom stereocenters. The van der Waals surface area contributed by atoms with E-state index in [4.69, 9.17) is 9.47 Å². The molecule has 1 fully saturated rings. The van der Waals surface area contributed by atoms with Crippen LogP contribution in [0.1, 0.15) is 51.1 Å². The maximum Gasteiger partial charge on any atom is 0.327 e. The van der Waals surface area contributed by atoms with Crippen molar-refractivity contribution in [3.05, 3.63) is 16.2 Å². The highest BCUT2D eigenvalue weighted by atomic mass is 16.5. The van der Waals surface area contributed by atoms with E-state index in [0.29, 0.717) is 36.0 Å². The van der Waals surface area contributed by atoms with E-state index < -0.39 is 0 Å². The van der Waals surface area contributed by atoms with Gasteiger partial charge in [0.25, 0.3) is 0 Å². The van der Waals surface area contributed by atoms with Gasteiger partial charge in [-0.25, -0.2) is 4.79 Å². The quantitative estimate of drug-likeness (QED) is 0.465. The summed E-state index contributed by atoms with van der Waals surface area (Å²) in [7, 11) is 1.45. The van der Waals surface area contributed by atoms with Crippen LogP contribution in [0.3, 0.4) is 0 Å². The normalized spacial score (nSPS) is 17.4. The summed E-state index contributed by atoms with van der Waals surface area (Å²) in [6, 6.07) is 0.323. The Labute approximate surface area is 176 Å². The first-order valence-corrected chi connectivity index (χ1v) is 10.9. The molecule has 9 heteroatoms. The van der Waals surface area contributed by atoms with Crippen LogP contribution in [0.15, 0.2) is 4.79 Å². The number of nitrogens with zero attached hydrogens (tertiary/aromatic N) is 4. The van der Waals surface area contributed by atoms with Crippen LogP contribution in [0.25, 0.3) is 11.2 Å². The first kappa shape index (κ1) is 22.3. The number of ether oxygens (including phenoxy) is 2. The number of likely N-dealkylation sites (tertiary alicyclic amines) is 1. The Hall–Kier alpha value is -2.42. The number of piperidine rings is 1. The number of hydrogen-bond donors (Lipinski definition) is 1. The van der Waals surface area contributed by atoms with Gasteiger partial charge in [0.1, 0.15) is 5.52 Å². The van der Waals surface area contributed by atoms with Crippen molar-refractivity contribution in [2.45, 2.75) is 58.9 Å². The summed E-state index contributed by atoms with van der Waals surface area (Å²) >= 11 is 0. The molecule has 1 N–H and O–H groups in total. The third kappa shape index (κ3) is 5.38. The third-order valence-electron chi connectivity index (χ3n) is 5.66. The fraction of sp³-hybridized carbons (Fsp3) is 0.714. The molecule has 9 nitrogen and oxygen atoms in total. The standard InChI is InChI=1S/C21H33N5O4/c1-4-5-13-30-20-22-15(2)17-18(24-20)26(21(28)23-17)12-7-6-10-25-11-8-9-16(14-25)19(27)29-3/h16H,4-14H2,1-3H3,(H,23,28). The van der Waals surface area contributed by atoms with Gasteiger partial charge in [0.2, 0.25) is 0 Å². The van der Waals surface area contributed by atoms with Gasteiger partial charge in [-0.15, -0.1) is 0 Å². The summed E-state index contributed by atoms with van der Waals surface area (Å²) < 4.78 is 12.2. The van der Waals surface area contributed by atoms with Gasteiger partial charge >= 0.3 is 17.7 Å². The molecule has 30 heavy (non-hydrogen) atoms. The van der Waals surface area contributed by atoms with Crippen molar-refractivity contribution in [3.8, 4) is 6.01 Å². The van der Waals surface area contributed by atoms with Gasteiger partial charge in [0, 0.05) is 13.1 Å². The van der Waals surface area contributed by atoms with Crippen LogP contribution in [-0.2, 0) is 16.1 Å². The number of unbranched alkanes of at least 4 members (excludes halogenated alkanes) is 2. The van der Waals surface area contributed by atoms with Crippen molar-refractivity contribution >= 4 is 17.1 Å². The lowest BCUT2D eigenvalue weighted by Crippen LogP contribution is -2.39. The van der Waals surface area contributed by atoms with Crippen LogP contribution in [-0.4, -0.2) is 63.7 Å². The molecule has 1 saturated heterocycles. The van der Waals surface area contributed by atoms with Gasteiger partial charge < -0.3 is 19.4 Å². The molecule has 2 aromatic heterocycles. The second-order valence-electron chi connectivity index (χ2n) is 7.94. The maximum atomic E-state index is 12.4. The zero-order valence-electron chi connectivity index (χ0n) is 18.3. The van der Waals surface area contributed by atoms with Gasteiger partial charge in [-0.05, 0) is 52.1 Å². The lowest BCUT2D eigenvalue weighted by Gasteiger charge is -2.31. The van der Waals surface area contributed by atoms with E-state index in [2.05, 4.69) is 26.8 Å². The number of aryl methyl sites for hydroxylation is 2. The minimum absolute atomic E-state index is 0.0224. The van der Waals surface area contributed by atoms with Crippen molar-refractivity contribution in [2.75, 3.05) is 33.4 Å². The van der Waals surface area contributed by atoms with E-state index >= 15 is 0 Å². The molecular weight excluding hydrogens is 386 g/mol. The molecule has 166 valence electrons. The molecule has 0 amide bonds. The first-order valence-electron chi connectivity index (χ1n) is 10.9. The van der Waals surface area contributed by atoms with Crippen molar-refractivity contribution < 1.29 is 14.3 Å². The molecule has 0 bridgehead atoms. The smallest absolute Gasteiger partial charge is 0.327 e. The summed E-state index contributed by atoms with van der Waals surface area (Å²) in [6.45, 7) is 7.77. The summed E-state index contributed by atoms with van der Waals surface area (Å²) in [5.41, 5.74) is 1.81. The van der Waals surface area contributed by atoms with Crippen LogP contribution in [0.2, 0.25) is 0 Å². The molecular formula is C21H33N5O4. The first-order chi connectivity index (χ1) is 14.5. The highest BCUT2D eigenvalue weighted by Gasteiger charge is 2.26. The number of H-pyrrole nitrogens is 1. The molecule has 0 saturated carbocycles. The largest absolute Gasteiger partial charge is 0.469 e. The summed E-state index contributed by atoms with van der Waals surface area (Å²) in [5, 5.41) is 0. The number of carbonyl (C=O) groups excluding carboxylic acids is 1. The van der Waals surface area contributed by atoms with E-state index in [-0.39, 0.29) is 17.6 Å². The molecule has 1 aliphatic rings. The van der Waals surface area contributed by atoms with Crippen molar-refractivity contribution in [1.29, 1.82) is 0 Å². The fourth-order valence-corrected chi connectivity index (χ4v) is 3.95. The van der Waals surface area contributed by atoms with Crippen LogP contribution < -0.4 is 10.4 Å². The fourth-order valence-electron chi connectivity index (χ4n) is 3.95. The second kappa shape index (κ2) is 10.6. The maximum absolute atomic E-state index is 12.4. The second-order valence-corrected chi connectivity index (χ2v) is 7.94. The van der Waals surface area contributed by atoms with Gasteiger partial charge in [0.05, 0.1) is 25.3 Å². The number of rotatable bonds is 10. The number of nitrogens with one attached hydrogen (secondary N) is 1. The molecule has 3 heterocycles. The Bertz CT molecular complexity index is 907. The number of fused-ring (bicyclic) bond motifs is 1. The van der Waals surface area contributed by atoms with E-state index in [9.17, 15) is 9.59 Å². The third-order valence-corrected chi connectivity index (χ3v) is 5.66. The van der Waals surface area contributed by atoms with Crippen LogP contribution in [0.4, 0.5) is 0 Å². The number of aromatic amines is 1. The monoisotopic (exact) mass is 419 g/mol. The Morgan fingerprint density at radius 2 is 2.03 bits per heavy atom. The molecule has 0 aliphatic carbocycles. The van der Waals surface area contributed by atoms with Crippen LogP contribution in [0, 0.1) is 12.8 Å². The summed E-state index contributed by atoms with van der Waals surface area (Å²) in [6.07, 6.45) is 5.67. The van der Waals surface area contributed by atoms with E-state index in [1.807, 2.05) is 6.92 Å². The molecule has 2 aromatic rings. The number of carbonyl (C=O) groups is 1. The van der Waals surface area contributed by atoms with Gasteiger partial charge in [-0.1, -0.05) is 13.3 Å². The number of methoxy groups -OCH3 is 1. The van der Waals surface area contributed by atoms with Gasteiger partial charge in [-0.2, -0.15) is 9.97 Å². The molecule has 1 unspecified atom stereocenters. The topological polar surface area (TPSA) is 102 Å². The van der Waals surface area contributed by atoms with Gasteiger partial charge in [0.15, 0.2) is 5.65 Å². The van der Waals surface area contributed by atoms with Crippen LogP contribution >= 0.6 is 0 Å². The zero-order chi connectivity index (χ0) is 21.5. The Balaban J connectivity index is 1.58. The minimum Gasteiger partial charge on any atom is -0.469 e. The predicted molar refractivity (Wildman–Crippen MR) is 114 cm³/mol. The minimum atomic E-state index is -0.170. The van der Waals surface area contributed by atoms with Crippen molar-refractivity contribution in [1.82, 2.24) is 24.4 Å². The van der Waals surface area contributed by atoms with E-state index in [1.165, 1.54) is 7.11 Å². The molecule has 3 rings (SSSR count). The Morgan fingerprint density at radius 3 is 2.80 bits per heavy atom. The Kier molecular flexibility index (Phi) is 7.84. The highest BCUT2D eigenvalue weighted by Crippen LogP contribution is 2.19. The lowest BCUT2D eigenvalue weighted by molar-refractivity contribution is -0.147. The summed E-state index contributed by atoms with van der Waals surface area (Å²) in [5.74, 6) is -0.136. The molecule has 0 aromatic carbocycles. The van der Waals surface area contributed by atoms with Gasteiger partial charge in [-0.3, -0.25) is 9.36 Å². The number of esters is 1. The zero-order valence-corrected chi connectivity index (χ0v) is 18.3. The Morgan fingerprint density at radius 1 is 1.23 bits per heavy atom. The lowest BCUT2D eigenvalue weighted by atomic mass is 9.98. The number of imidazole rings is 1. The molecule has 0 radical (unpaired) electrons. The van der Waals surface area contributed by atoms with Crippen molar-refractivity contribution in [2.24, 2.45) is 5.92 Å². The summed E-state index contributed by atoms with van der Waals surface area (Å²) in [4.78, 5) is 38.2. The molecule has 0 spiro atoms. The van der Waals surface area contributed by atoms with E-state index in [1.54, 1.807) is 4.57 Å². The average Bonchev–Trinajstić information content (AvgIpc) is 3.07. The van der Waals surface area contributed by atoms with Crippen LogP contribution in [0.5, 0.6) is 6.01 Å². The number of aromatic nitrogens is 4. The van der Waals surface area contributed by atoms with E-state index in [0.717, 1.165) is 58.2 Å². The number of hydrogen-bond acceptors (Lipinski definition) is 7.